The molecule has 8 heteroatoms. The molecule has 0 spiro atoms. The molecule has 0 unspecified atom stereocenters. The topological polar surface area (TPSA) is 92.8 Å². The summed E-state index contributed by atoms with van der Waals surface area (Å²) in [5, 5.41) is 0. The highest BCUT2D eigenvalue weighted by Gasteiger charge is 2.28. The molecule has 0 aromatic heterocycles. The Balaban J connectivity index is 3.53. The van der Waals surface area contributed by atoms with Crippen molar-refractivity contribution < 1.29 is 22.7 Å². The van der Waals surface area contributed by atoms with Crippen molar-refractivity contribution in [3.63, 3.8) is 0 Å². The largest absolute Gasteiger partial charge is 0.462 e. The standard InChI is InChI=1S/C16H24N2O5S/c1-7-23-15(20)12-9-8-11(14(19)18(5)6)10-13(12)24(21,22)17-16(2,3)4/h8-10,17H,7H2,1-6H3. The van der Waals surface area contributed by atoms with Gasteiger partial charge < -0.3 is 9.64 Å². The van der Waals surface area contributed by atoms with Crippen molar-refractivity contribution >= 4 is 21.9 Å². The minimum atomic E-state index is -4.02. The Hall–Kier alpha value is -1.93. The van der Waals surface area contributed by atoms with Crippen molar-refractivity contribution in [2.45, 2.75) is 38.1 Å². The zero-order chi connectivity index (χ0) is 18.7. The van der Waals surface area contributed by atoms with Gasteiger partial charge in [-0.15, -0.1) is 0 Å². The Morgan fingerprint density at radius 3 is 2.25 bits per heavy atom. The average Bonchev–Trinajstić information content (AvgIpc) is 2.43. The third kappa shape index (κ3) is 5.04. The molecule has 0 fully saturated rings. The van der Waals surface area contributed by atoms with Gasteiger partial charge in [0.25, 0.3) is 5.91 Å². The van der Waals surface area contributed by atoms with E-state index in [9.17, 15) is 18.0 Å². The number of esters is 1. The van der Waals surface area contributed by atoms with Crippen LogP contribution in [0.3, 0.4) is 0 Å². The molecule has 0 bridgehead atoms. The van der Waals surface area contributed by atoms with Gasteiger partial charge in [-0.2, -0.15) is 0 Å². The summed E-state index contributed by atoms with van der Waals surface area (Å²) in [4.78, 5) is 25.2. The molecule has 1 rings (SSSR count). The zero-order valence-electron chi connectivity index (χ0n) is 14.8. The van der Waals surface area contributed by atoms with E-state index >= 15 is 0 Å². The highest BCUT2D eigenvalue weighted by molar-refractivity contribution is 7.89. The lowest BCUT2D eigenvalue weighted by atomic mass is 10.1. The summed E-state index contributed by atoms with van der Waals surface area (Å²) >= 11 is 0. The number of hydrogen-bond acceptors (Lipinski definition) is 5. The van der Waals surface area contributed by atoms with E-state index in [1.807, 2.05) is 0 Å². The molecule has 1 N–H and O–H groups in total. The van der Waals surface area contributed by atoms with E-state index in [0.29, 0.717) is 0 Å². The molecule has 0 aliphatic rings. The Labute approximate surface area is 143 Å². The minimum absolute atomic E-state index is 0.107. The van der Waals surface area contributed by atoms with Crippen LogP contribution in [0.4, 0.5) is 0 Å². The molecule has 1 aromatic carbocycles. The number of amides is 1. The number of ether oxygens (including phenoxy) is 1. The second kappa shape index (κ2) is 7.31. The molecule has 0 aliphatic heterocycles. The molecular formula is C16H24N2O5S. The number of hydrogen-bond donors (Lipinski definition) is 1. The fourth-order valence-corrected chi connectivity index (χ4v) is 3.61. The van der Waals surface area contributed by atoms with E-state index < -0.39 is 21.5 Å². The molecule has 0 aliphatic carbocycles. The van der Waals surface area contributed by atoms with E-state index in [-0.39, 0.29) is 28.5 Å². The number of nitrogens with zero attached hydrogens (tertiary/aromatic N) is 1. The second-order valence-corrected chi connectivity index (χ2v) is 8.14. The lowest BCUT2D eigenvalue weighted by Gasteiger charge is -2.22. The summed E-state index contributed by atoms with van der Waals surface area (Å²) in [5.74, 6) is -1.12. The fraction of sp³-hybridized carbons (Fsp3) is 0.500. The smallest absolute Gasteiger partial charge is 0.339 e. The first-order valence-corrected chi connectivity index (χ1v) is 8.94. The average molecular weight is 356 g/mol. The molecule has 0 saturated carbocycles. The first-order valence-electron chi connectivity index (χ1n) is 7.46. The first kappa shape index (κ1) is 20.1. The van der Waals surface area contributed by atoms with Gasteiger partial charge in [-0.25, -0.2) is 17.9 Å². The molecule has 0 saturated heterocycles. The predicted octanol–water partition coefficient (Wildman–Crippen LogP) is 1.64. The van der Waals surface area contributed by atoms with Crippen molar-refractivity contribution in [1.82, 2.24) is 9.62 Å². The molecule has 1 amide bonds. The minimum Gasteiger partial charge on any atom is -0.462 e. The molecule has 0 atom stereocenters. The quantitative estimate of drug-likeness (QED) is 0.810. The Kier molecular flexibility index (Phi) is 6.13. The maximum absolute atomic E-state index is 12.7. The highest BCUT2D eigenvalue weighted by Crippen LogP contribution is 2.21. The molecule has 0 heterocycles. The highest BCUT2D eigenvalue weighted by atomic mass is 32.2. The summed E-state index contributed by atoms with van der Waals surface area (Å²) < 4.78 is 32.8. The van der Waals surface area contributed by atoms with E-state index in [0.717, 1.165) is 0 Å². The van der Waals surface area contributed by atoms with Gasteiger partial charge >= 0.3 is 5.97 Å². The molecule has 24 heavy (non-hydrogen) atoms. The van der Waals surface area contributed by atoms with Gasteiger partial charge in [-0.05, 0) is 45.9 Å². The summed E-state index contributed by atoms with van der Waals surface area (Å²) in [6.45, 7) is 6.79. The number of carbonyl (C=O) groups is 2. The predicted molar refractivity (Wildman–Crippen MR) is 90.5 cm³/mol. The van der Waals surface area contributed by atoms with Crippen molar-refractivity contribution in [2.75, 3.05) is 20.7 Å². The normalized spacial score (nSPS) is 11.9. The first-order chi connectivity index (χ1) is 10.9. The van der Waals surface area contributed by atoms with Crippen molar-refractivity contribution in [1.29, 1.82) is 0 Å². The molecule has 7 nitrogen and oxygen atoms in total. The van der Waals surface area contributed by atoms with Crippen LogP contribution in [0.1, 0.15) is 48.4 Å². The van der Waals surface area contributed by atoms with Crippen LogP contribution >= 0.6 is 0 Å². The molecular weight excluding hydrogens is 332 g/mol. The number of nitrogens with one attached hydrogen (secondary N) is 1. The van der Waals surface area contributed by atoms with Crippen LogP contribution in [-0.2, 0) is 14.8 Å². The number of benzene rings is 1. The second-order valence-electron chi connectivity index (χ2n) is 6.49. The van der Waals surface area contributed by atoms with Crippen LogP contribution in [0, 0.1) is 0 Å². The van der Waals surface area contributed by atoms with Gasteiger partial charge in [-0.3, -0.25) is 4.79 Å². The van der Waals surface area contributed by atoms with Gasteiger partial charge in [0.1, 0.15) is 0 Å². The fourth-order valence-electron chi connectivity index (χ4n) is 1.97. The van der Waals surface area contributed by atoms with Gasteiger partial charge in [0.15, 0.2) is 0 Å². The Morgan fingerprint density at radius 2 is 1.79 bits per heavy atom. The Bertz CT molecular complexity index is 733. The van der Waals surface area contributed by atoms with E-state index in [4.69, 9.17) is 4.74 Å². The SMILES string of the molecule is CCOC(=O)c1ccc(C(=O)N(C)C)cc1S(=O)(=O)NC(C)(C)C. The van der Waals surface area contributed by atoms with Crippen LogP contribution in [-0.4, -0.2) is 51.4 Å². The van der Waals surface area contributed by atoms with E-state index in [1.165, 1.54) is 23.1 Å². The summed E-state index contributed by atoms with van der Waals surface area (Å²) in [6.07, 6.45) is 0. The van der Waals surface area contributed by atoms with Crippen LogP contribution in [0.2, 0.25) is 0 Å². The summed E-state index contributed by atoms with van der Waals surface area (Å²) in [5.41, 5.74) is -0.682. The van der Waals surface area contributed by atoms with Crippen molar-refractivity contribution in [3.8, 4) is 0 Å². The van der Waals surface area contributed by atoms with Gasteiger partial charge in [0, 0.05) is 25.2 Å². The van der Waals surface area contributed by atoms with Crippen LogP contribution in [0.5, 0.6) is 0 Å². The lowest BCUT2D eigenvalue weighted by molar-refractivity contribution is 0.0521. The summed E-state index contributed by atoms with van der Waals surface area (Å²) in [7, 11) is -0.898. The Morgan fingerprint density at radius 1 is 1.21 bits per heavy atom. The zero-order valence-corrected chi connectivity index (χ0v) is 15.7. The third-order valence-corrected chi connectivity index (χ3v) is 4.66. The number of carbonyl (C=O) groups excluding carboxylic acids is 2. The third-order valence-electron chi connectivity index (χ3n) is 2.86. The number of rotatable bonds is 5. The van der Waals surface area contributed by atoms with Crippen molar-refractivity contribution in [2.24, 2.45) is 0 Å². The molecule has 134 valence electrons. The summed E-state index contributed by atoms with van der Waals surface area (Å²) in [6, 6.07) is 3.90. The van der Waals surface area contributed by atoms with Crippen LogP contribution in [0.25, 0.3) is 0 Å². The monoisotopic (exact) mass is 356 g/mol. The van der Waals surface area contributed by atoms with Gasteiger partial charge in [-0.1, -0.05) is 0 Å². The lowest BCUT2D eigenvalue weighted by Crippen LogP contribution is -2.41. The maximum Gasteiger partial charge on any atom is 0.339 e. The molecule has 0 radical (unpaired) electrons. The molecule has 1 aromatic rings. The maximum atomic E-state index is 12.7. The van der Waals surface area contributed by atoms with Gasteiger partial charge in [0.05, 0.1) is 17.1 Å². The number of sulfonamides is 1. The van der Waals surface area contributed by atoms with Crippen LogP contribution < -0.4 is 4.72 Å². The van der Waals surface area contributed by atoms with Crippen molar-refractivity contribution in [3.05, 3.63) is 29.3 Å². The van der Waals surface area contributed by atoms with E-state index in [2.05, 4.69) is 4.72 Å². The van der Waals surface area contributed by atoms with Crippen LogP contribution in [0.15, 0.2) is 23.1 Å². The van der Waals surface area contributed by atoms with E-state index in [1.54, 1.807) is 41.8 Å². The van der Waals surface area contributed by atoms with Gasteiger partial charge in [0.2, 0.25) is 10.0 Å².